The number of benzene rings is 1. The van der Waals surface area contributed by atoms with Gasteiger partial charge in [-0.05, 0) is 37.5 Å². The lowest BCUT2D eigenvalue weighted by atomic mass is 10.1. The Balaban J connectivity index is 2.50. The second kappa shape index (κ2) is 4.96. The molecule has 2 N–H and O–H groups in total. The van der Waals surface area contributed by atoms with Crippen LogP contribution in [0.5, 0.6) is 0 Å². The number of hydrogen-bond donors (Lipinski definition) is 1. The second-order valence-corrected chi connectivity index (χ2v) is 5.00. The third-order valence-corrected chi connectivity index (χ3v) is 3.47. The number of nitrogens with zero attached hydrogens (tertiary/aromatic N) is 2. The summed E-state index contributed by atoms with van der Waals surface area (Å²) in [5.41, 5.74) is 11.2. The molecule has 0 aromatic heterocycles. The summed E-state index contributed by atoms with van der Waals surface area (Å²) in [5.74, 6) is 0. The van der Waals surface area contributed by atoms with Crippen molar-refractivity contribution in [1.29, 1.82) is 0 Å². The fraction of sp³-hybridized carbons (Fsp3) is 0.571. The summed E-state index contributed by atoms with van der Waals surface area (Å²) in [6.07, 6.45) is 1.20. The molecule has 0 spiro atoms. The van der Waals surface area contributed by atoms with Crippen LogP contribution in [0.1, 0.15) is 17.5 Å². The van der Waals surface area contributed by atoms with E-state index in [1.807, 2.05) is 0 Å². The van der Waals surface area contributed by atoms with Gasteiger partial charge in [-0.3, -0.25) is 0 Å². The molecule has 0 amide bonds. The number of rotatable bonds is 2. The van der Waals surface area contributed by atoms with Crippen LogP contribution in [0.4, 0.5) is 11.4 Å². The third-order valence-electron chi connectivity index (χ3n) is 3.47. The monoisotopic (exact) mass is 233 g/mol. The van der Waals surface area contributed by atoms with E-state index in [-0.39, 0.29) is 0 Å². The summed E-state index contributed by atoms with van der Waals surface area (Å²) in [5, 5.41) is 0. The average Bonchev–Trinajstić information content (AvgIpc) is 2.40. The first-order valence-corrected chi connectivity index (χ1v) is 6.41. The highest BCUT2D eigenvalue weighted by Crippen LogP contribution is 2.35. The van der Waals surface area contributed by atoms with Crippen molar-refractivity contribution in [1.82, 2.24) is 0 Å². The quantitative estimate of drug-likeness (QED) is 0.847. The number of anilines is 2. The molecule has 3 heteroatoms. The zero-order valence-corrected chi connectivity index (χ0v) is 11.2. The molecule has 0 fully saturated rings. The molecular weight excluding hydrogens is 210 g/mol. The number of hydrogen-bond acceptors (Lipinski definition) is 3. The van der Waals surface area contributed by atoms with Crippen LogP contribution in [0.25, 0.3) is 0 Å². The minimum absolute atomic E-state index is 0.719. The molecule has 0 unspecified atom stereocenters. The lowest BCUT2D eigenvalue weighted by Gasteiger charge is -2.28. The first-order valence-electron chi connectivity index (χ1n) is 6.41. The third kappa shape index (κ3) is 2.39. The number of fused-ring (bicyclic) bond motifs is 1. The van der Waals surface area contributed by atoms with Crippen LogP contribution < -0.4 is 15.5 Å². The van der Waals surface area contributed by atoms with Crippen LogP contribution >= 0.6 is 0 Å². The molecule has 0 aliphatic carbocycles. The molecular formula is C14H23N3. The summed E-state index contributed by atoms with van der Waals surface area (Å²) in [4.78, 5) is 4.81. The highest BCUT2D eigenvalue weighted by molar-refractivity contribution is 5.76. The first-order chi connectivity index (χ1) is 8.13. The van der Waals surface area contributed by atoms with E-state index < -0.39 is 0 Å². The SMILES string of the molecule is Cc1cc(C)c2c(c1)N(C)CCCN2CCN. The molecule has 1 aliphatic heterocycles. The van der Waals surface area contributed by atoms with Crippen LogP contribution in [-0.2, 0) is 0 Å². The highest BCUT2D eigenvalue weighted by Gasteiger charge is 2.20. The number of nitrogens with two attached hydrogens (primary N) is 1. The fourth-order valence-corrected chi connectivity index (χ4v) is 2.75. The Hall–Kier alpha value is -1.22. The zero-order chi connectivity index (χ0) is 12.4. The predicted molar refractivity (Wildman–Crippen MR) is 75.1 cm³/mol. The van der Waals surface area contributed by atoms with E-state index >= 15 is 0 Å². The van der Waals surface area contributed by atoms with Gasteiger partial charge in [0.25, 0.3) is 0 Å². The van der Waals surface area contributed by atoms with Crippen molar-refractivity contribution in [3.63, 3.8) is 0 Å². The van der Waals surface area contributed by atoms with Gasteiger partial charge in [0.05, 0.1) is 11.4 Å². The molecule has 3 nitrogen and oxygen atoms in total. The number of aryl methyl sites for hydroxylation is 2. The zero-order valence-electron chi connectivity index (χ0n) is 11.2. The Bertz CT molecular complexity index is 401. The smallest absolute Gasteiger partial charge is 0.0634 e. The van der Waals surface area contributed by atoms with Crippen molar-refractivity contribution in [3.8, 4) is 0 Å². The van der Waals surface area contributed by atoms with Crippen LogP contribution in [0.15, 0.2) is 12.1 Å². The van der Waals surface area contributed by atoms with E-state index in [0.29, 0.717) is 0 Å². The molecule has 1 aromatic carbocycles. The Morgan fingerprint density at radius 3 is 2.71 bits per heavy atom. The van der Waals surface area contributed by atoms with Crippen molar-refractivity contribution in [2.24, 2.45) is 5.73 Å². The minimum Gasteiger partial charge on any atom is -0.373 e. The van der Waals surface area contributed by atoms with Gasteiger partial charge in [-0.15, -0.1) is 0 Å². The second-order valence-electron chi connectivity index (χ2n) is 5.00. The molecule has 1 aromatic rings. The molecule has 0 bridgehead atoms. The maximum absolute atomic E-state index is 5.73. The largest absolute Gasteiger partial charge is 0.373 e. The maximum Gasteiger partial charge on any atom is 0.0634 e. The van der Waals surface area contributed by atoms with E-state index in [4.69, 9.17) is 5.73 Å². The molecule has 1 aliphatic rings. The van der Waals surface area contributed by atoms with Crippen molar-refractivity contribution in [2.45, 2.75) is 20.3 Å². The molecule has 1 heterocycles. The van der Waals surface area contributed by atoms with Gasteiger partial charge in [-0.1, -0.05) is 6.07 Å². The minimum atomic E-state index is 0.719. The van der Waals surface area contributed by atoms with Crippen LogP contribution in [-0.4, -0.2) is 33.2 Å². The van der Waals surface area contributed by atoms with E-state index in [1.54, 1.807) is 0 Å². The standard InChI is InChI=1S/C14H23N3/c1-11-9-12(2)14-13(10-11)16(3)6-4-7-17(14)8-5-15/h9-10H,4-8,15H2,1-3H3. The van der Waals surface area contributed by atoms with E-state index in [9.17, 15) is 0 Å². The predicted octanol–water partition coefficient (Wildman–Crippen LogP) is 1.91. The lowest BCUT2D eigenvalue weighted by Crippen LogP contribution is -2.30. The van der Waals surface area contributed by atoms with Gasteiger partial charge in [0.2, 0.25) is 0 Å². The van der Waals surface area contributed by atoms with Crippen LogP contribution in [0.2, 0.25) is 0 Å². The summed E-state index contributed by atoms with van der Waals surface area (Å²) >= 11 is 0. The topological polar surface area (TPSA) is 32.5 Å². The molecule has 94 valence electrons. The normalized spacial score (nSPS) is 15.8. The van der Waals surface area contributed by atoms with E-state index in [0.717, 1.165) is 26.2 Å². The van der Waals surface area contributed by atoms with Crippen molar-refractivity contribution in [3.05, 3.63) is 23.3 Å². The van der Waals surface area contributed by atoms with Gasteiger partial charge >= 0.3 is 0 Å². The Kier molecular flexibility index (Phi) is 3.57. The van der Waals surface area contributed by atoms with Crippen LogP contribution in [0.3, 0.4) is 0 Å². The van der Waals surface area contributed by atoms with Crippen molar-refractivity contribution < 1.29 is 0 Å². The maximum atomic E-state index is 5.73. The van der Waals surface area contributed by atoms with Gasteiger partial charge in [-0.25, -0.2) is 0 Å². The summed E-state index contributed by atoms with van der Waals surface area (Å²) in [7, 11) is 2.18. The van der Waals surface area contributed by atoms with Crippen molar-refractivity contribution in [2.75, 3.05) is 43.0 Å². The molecule has 0 saturated heterocycles. The van der Waals surface area contributed by atoms with Gasteiger partial charge in [0, 0.05) is 33.2 Å². The van der Waals surface area contributed by atoms with E-state index in [1.165, 1.54) is 28.9 Å². The Labute approximate surface area is 104 Å². The van der Waals surface area contributed by atoms with Crippen molar-refractivity contribution >= 4 is 11.4 Å². The summed E-state index contributed by atoms with van der Waals surface area (Å²) < 4.78 is 0. The lowest BCUT2D eigenvalue weighted by molar-refractivity contribution is 0.740. The molecule has 0 radical (unpaired) electrons. The van der Waals surface area contributed by atoms with Gasteiger partial charge in [-0.2, -0.15) is 0 Å². The molecule has 17 heavy (non-hydrogen) atoms. The average molecular weight is 233 g/mol. The first kappa shape index (κ1) is 12.2. The Morgan fingerprint density at radius 1 is 1.24 bits per heavy atom. The van der Waals surface area contributed by atoms with E-state index in [2.05, 4.69) is 42.8 Å². The molecule has 0 saturated carbocycles. The highest BCUT2D eigenvalue weighted by atomic mass is 15.2. The Morgan fingerprint density at radius 2 is 2.00 bits per heavy atom. The van der Waals surface area contributed by atoms with Gasteiger partial charge in [0.1, 0.15) is 0 Å². The molecule has 2 rings (SSSR count). The van der Waals surface area contributed by atoms with Crippen LogP contribution in [0, 0.1) is 13.8 Å². The van der Waals surface area contributed by atoms with Gasteiger partial charge in [0.15, 0.2) is 0 Å². The molecule has 0 atom stereocenters. The summed E-state index contributed by atoms with van der Waals surface area (Å²) in [6, 6.07) is 4.55. The summed E-state index contributed by atoms with van der Waals surface area (Å²) in [6.45, 7) is 8.27. The fourth-order valence-electron chi connectivity index (χ4n) is 2.75. The van der Waals surface area contributed by atoms with Gasteiger partial charge < -0.3 is 15.5 Å².